The van der Waals surface area contributed by atoms with Crippen LogP contribution in [0.3, 0.4) is 0 Å². The molecule has 1 aliphatic heterocycles. The Morgan fingerprint density at radius 1 is 1.47 bits per heavy atom. The van der Waals surface area contributed by atoms with Crippen LogP contribution >= 0.6 is 0 Å². The summed E-state index contributed by atoms with van der Waals surface area (Å²) in [5.41, 5.74) is 0. The molecule has 1 unspecified atom stereocenters. The van der Waals surface area contributed by atoms with E-state index in [-0.39, 0.29) is 6.03 Å². The summed E-state index contributed by atoms with van der Waals surface area (Å²) < 4.78 is 0. The van der Waals surface area contributed by atoms with Gasteiger partial charge in [0.15, 0.2) is 0 Å². The van der Waals surface area contributed by atoms with Crippen LogP contribution < -0.4 is 10.6 Å². The number of hydrogen-bond donors (Lipinski definition) is 2. The lowest BCUT2D eigenvalue weighted by Crippen LogP contribution is -2.46. The van der Waals surface area contributed by atoms with Crippen molar-refractivity contribution in [3.8, 4) is 0 Å². The van der Waals surface area contributed by atoms with Crippen molar-refractivity contribution in [2.45, 2.75) is 26.7 Å². The molecule has 2 N–H and O–H groups in total. The normalized spacial score (nSPS) is 21.5. The molecule has 0 aromatic heterocycles. The van der Waals surface area contributed by atoms with E-state index in [2.05, 4.69) is 24.5 Å². The number of likely N-dealkylation sites (N-methyl/N-ethyl adjacent to an activating group) is 1. The highest BCUT2D eigenvalue weighted by molar-refractivity contribution is 5.74. The third-order valence-electron chi connectivity index (χ3n) is 2.77. The van der Waals surface area contributed by atoms with Gasteiger partial charge in [0.2, 0.25) is 0 Å². The molecule has 1 saturated heterocycles. The van der Waals surface area contributed by atoms with Crippen molar-refractivity contribution in [2.75, 3.05) is 32.7 Å². The first-order valence-corrected chi connectivity index (χ1v) is 5.97. The van der Waals surface area contributed by atoms with Crippen molar-refractivity contribution in [3.05, 3.63) is 0 Å². The van der Waals surface area contributed by atoms with Gasteiger partial charge < -0.3 is 15.5 Å². The Labute approximate surface area is 92.4 Å². The number of likely N-dealkylation sites (tertiary alicyclic amines) is 1. The Morgan fingerprint density at radius 3 is 2.93 bits per heavy atom. The predicted octanol–water partition coefficient (Wildman–Crippen LogP) is 1.04. The molecule has 0 spiro atoms. The van der Waals surface area contributed by atoms with Crippen LogP contribution in [0, 0.1) is 5.92 Å². The molecule has 88 valence electrons. The Balaban J connectivity index is 2.15. The maximum Gasteiger partial charge on any atom is 0.317 e. The fourth-order valence-corrected chi connectivity index (χ4v) is 1.92. The highest BCUT2D eigenvalue weighted by Gasteiger charge is 2.19. The molecule has 1 aliphatic rings. The van der Waals surface area contributed by atoms with E-state index in [9.17, 15) is 4.79 Å². The lowest BCUT2D eigenvalue weighted by molar-refractivity contribution is 0.170. The summed E-state index contributed by atoms with van der Waals surface area (Å²) in [4.78, 5) is 13.6. The van der Waals surface area contributed by atoms with Crippen molar-refractivity contribution < 1.29 is 4.79 Å². The van der Waals surface area contributed by atoms with Crippen LogP contribution in [0.25, 0.3) is 0 Å². The quantitative estimate of drug-likeness (QED) is 0.685. The zero-order chi connectivity index (χ0) is 11.1. The molecule has 0 radical (unpaired) electrons. The van der Waals surface area contributed by atoms with Crippen LogP contribution in [0.1, 0.15) is 26.7 Å². The number of urea groups is 1. The van der Waals surface area contributed by atoms with E-state index in [0.29, 0.717) is 5.92 Å². The van der Waals surface area contributed by atoms with Crippen molar-refractivity contribution >= 4 is 6.03 Å². The van der Waals surface area contributed by atoms with Gasteiger partial charge in [-0.3, -0.25) is 0 Å². The molecular formula is C11H23N3O. The molecule has 4 nitrogen and oxygen atoms in total. The number of nitrogens with zero attached hydrogens (tertiary/aromatic N) is 1. The van der Waals surface area contributed by atoms with E-state index in [4.69, 9.17) is 0 Å². The summed E-state index contributed by atoms with van der Waals surface area (Å²) in [6.45, 7) is 8.62. The van der Waals surface area contributed by atoms with E-state index in [1.807, 2.05) is 4.90 Å². The van der Waals surface area contributed by atoms with Gasteiger partial charge in [-0.15, -0.1) is 0 Å². The van der Waals surface area contributed by atoms with E-state index in [1.54, 1.807) is 0 Å². The molecule has 1 atom stereocenters. The van der Waals surface area contributed by atoms with Gasteiger partial charge in [0.05, 0.1) is 0 Å². The van der Waals surface area contributed by atoms with Gasteiger partial charge in [0, 0.05) is 26.2 Å². The zero-order valence-electron chi connectivity index (χ0n) is 9.88. The molecule has 1 heterocycles. The molecule has 15 heavy (non-hydrogen) atoms. The second kappa shape index (κ2) is 6.67. The number of hydrogen-bond acceptors (Lipinski definition) is 2. The minimum Gasteiger partial charge on any atom is -0.337 e. The average Bonchev–Trinajstić information content (AvgIpc) is 2.24. The molecule has 0 aromatic rings. The molecule has 0 saturated carbocycles. The number of carbonyl (C=O) groups excluding carboxylic acids is 1. The highest BCUT2D eigenvalue weighted by atomic mass is 16.2. The zero-order valence-corrected chi connectivity index (χ0v) is 9.88. The van der Waals surface area contributed by atoms with Crippen LogP contribution in [0.2, 0.25) is 0 Å². The fourth-order valence-electron chi connectivity index (χ4n) is 1.92. The van der Waals surface area contributed by atoms with E-state index < -0.39 is 0 Å². The van der Waals surface area contributed by atoms with E-state index in [0.717, 1.165) is 39.1 Å². The number of amides is 2. The van der Waals surface area contributed by atoms with Gasteiger partial charge in [0.25, 0.3) is 0 Å². The van der Waals surface area contributed by atoms with Crippen molar-refractivity contribution in [2.24, 2.45) is 5.92 Å². The number of carbonyl (C=O) groups is 1. The van der Waals surface area contributed by atoms with E-state index >= 15 is 0 Å². The van der Waals surface area contributed by atoms with E-state index in [1.165, 1.54) is 6.42 Å². The maximum atomic E-state index is 11.7. The molecule has 1 rings (SSSR count). The second-order valence-corrected chi connectivity index (χ2v) is 4.28. The summed E-state index contributed by atoms with van der Waals surface area (Å²) in [5, 5.41) is 6.11. The average molecular weight is 213 g/mol. The number of piperidine rings is 1. The molecule has 4 heteroatoms. The van der Waals surface area contributed by atoms with Crippen LogP contribution in [0.4, 0.5) is 4.79 Å². The largest absolute Gasteiger partial charge is 0.337 e. The lowest BCUT2D eigenvalue weighted by atomic mass is 10.0. The minimum atomic E-state index is 0.0967. The van der Waals surface area contributed by atoms with Gasteiger partial charge in [-0.05, 0) is 25.3 Å². The van der Waals surface area contributed by atoms with Gasteiger partial charge in [0.1, 0.15) is 0 Å². The summed E-state index contributed by atoms with van der Waals surface area (Å²) in [6.07, 6.45) is 2.39. The standard InChI is InChI=1S/C11H23N3O/c1-3-12-6-7-13-11(15)14-8-4-5-10(2)9-14/h10,12H,3-9H2,1-2H3,(H,13,15). The van der Waals surface area contributed by atoms with Crippen LogP contribution in [0.15, 0.2) is 0 Å². The highest BCUT2D eigenvalue weighted by Crippen LogP contribution is 2.14. The minimum absolute atomic E-state index is 0.0967. The van der Waals surface area contributed by atoms with Gasteiger partial charge in [-0.25, -0.2) is 4.79 Å². The van der Waals surface area contributed by atoms with Crippen molar-refractivity contribution in [1.29, 1.82) is 0 Å². The molecular weight excluding hydrogens is 190 g/mol. The summed E-state index contributed by atoms with van der Waals surface area (Å²) in [7, 11) is 0. The first kappa shape index (κ1) is 12.3. The van der Waals surface area contributed by atoms with Crippen LogP contribution in [0.5, 0.6) is 0 Å². The summed E-state index contributed by atoms with van der Waals surface area (Å²) >= 11 is 0. The SMILES string of the molecule is CCNCCNC(=O)N1CCCC(C)C1. The Kier molecular flexibility index (Phi) is 5.47. The first-order chi connectivity index (χ1) is 7.24. The molecule has 0 aromatic carbocycles. The fraction of sp³-hybridized carbons (Fsp3) is 0.909. The van der Waals surface area contributed by atoms with Crippen LogP contribution in [-0.4, -0.2) is 43.7 Å². The van der Waals surface area contributed by atoms with Crippen molar-refractivity contribution in [1.82, 2.24) is 15.5 Å². The van der Waals surface area contributed by atoms with Gasteiger partial charge in [-0.2, -0.15) is 0 Å². The number of rotatable bonds is 4. The monoisotopic (exact) mass is 213 g/mol. The molecule has 0 aliphatic carbocycles. The molecule has 2 amide bonds. The lowest BCUT2D eigenvalue weighted by Gasteiger charge is -2.30. The first-order valence-electron chi connectivity index (χ1n) is 5.97. The van der Waals surface area contributed by atoms with Gasteiger partial charge in [-0.1, -0.05) is 13.8 Å². The second-order valence-electron chi connectivity index (χ2n) is 4.28. The third kappa shape index (κ3) is 4.51. The smallest absolute Gasteiger partial charge is 0.317 e. The molecule has 1 fully saturated rings. The number of nitrogens with one attached hydrogen (secondary N) is 2. The maximum absolute atomic E-state index is 11.7. The molecule has 0 bridgehead atoms. The summed E-state index contributed by atoms with van der Waals surface area (Å²) in [6, 6.07) is 0.0967. The van der Waals surface area contributed by atoms with Crippen molar-refractivity contribution in [3.63, 3.8) is 0 Å². The summed E-state index contributed by atoms with van der Waals surface area (Å²) in [5.74, 6) is 0.651. The van der Waals surface area contributed by atoms with Gasteiger partial charge >= 0.3 is 6.03 Å². The Morgan fingerprint density at radius 2 is 2.27 bits per heavy atom. The Bertz CT molecular complexity index is 196. The predicted molar refractivity (Wildman–Crippen MR) is 61.9 cm³/mol. The topological polar surface area (TPSA) is 44.4 Å². The Hall–Kier alpha value is -0.770. The third-order valence-corrected chi connectivity index (χ3v) is 2.77. The van der Waals surface area contributed by atoms with Crippen LogP contribution in [-0.2, 0) is 0 Å².